The standard InChI is InChI=1S/C12H9FN2O3S.C12H19NO/c1-6-9(11(17)18)19-12(14-6)15-10(16)7-2-4-8(13)5-3-7;1-3-4-5-9-14-11-8-6-7-10(2)12(11)13/h2-5H,1H3,(H,17,18)(H,14,15,16);6-8H,3-5,9,13H2,1-2H3. The molecule has 0 aliphatic carbocycles. The summed E-state index contributed by atoms with van der Waals surface area (Å²) in [6, 6.07) is 10.9. The molecule has 1 aromatic heterocycles. The average molecular weight is 474 g/mol. The van der Waals surface area contributed by atoms with E-state index < -0.39 is 17.7 Å². The summed E-state index contributed by atoms with van der Waals surface area (Å²) in [7, 11) is 0. The highest BCUT2D eigenvalue weighted by Crippen LogP contribution is 2.24. The maximum Gasteiger partial charge on any atom is 0.347 e. The van der Waals surface area contributed by atoms with Crippen molar-refractivity contribution in [1.82, 2.24) is 4.98 Å². The zero-order valence-electron chi connectivity index (χ0n) is 18.9. The smallest absolute Gasteiger partial charge is 0.347 e. The van der Waals surface area contributed by atoms with E-state index in [4.69, 9.17) is 15.6 Å². The molecule has 3 aromatic rings. The molecule has 7 nitrogen and oxygen atoms in total. The molecule has 0 fully saturated rings. The number of nitrogen functional groups attached to an aromatic ring is 1. The van der Waals surface area contributed by atoms with Crippen LogP contribution in [0.5, 0.6) is 5.75 Å². The molecule has 0 saturated carbocycles. The van der Waals surface area contributed by atoms with Crippen LogP contribution in [0.15, 0.2) is 42.5 Å². The van der Waals surface area contributed by atoms with Crippen molar-refractivity contribution in [2.24, 2.45) is 0 Å². The number of para-hydroxylation sites is 1. The van der Waals surface area contributed by atoms with Crippen LogP contribution in [0.4, 0.5) is 15.2 Å². The molecule has 0 spiro atoms. The van der Waals surface area contributed by atoms with Gasteiger partial charge in [-0.05, 0) is 56.2 Å². The predicted octanol–water partition coefficient (Wildman–Crippen LogP) is 5.69. The SMILES string of the molecule is CCCCCOc1cccc(C)c1N.Cc1nc(NC(=O)c2ccc(F)cc2)sc1C(=O)O. The summed E-state index contributed by atoms with van der Waals surface area (Å²) in [5.74, 6) is -1.17. The van der Waals surface area contributed by atoms with Crippen molar-refractivity contribution in [3.63, 3.8) is 0 Å². The summed E-state index contributed by atoms with van der Waals surface area (Å²) in [5, 5.41) is 11.6. The van der Waals surface area contributed by atoms with Gasteiger partial charge in [0.05, 0.1) is 18.0 Å². The number of hydrogen-bond acceptors (Lipinski definition) is 6. The lowest BCUT2D eigenvalue weighted by Crippen LogP contribution is -2.11. The Labute approximate surface area is 196 Å². The van der Waals surface area contributed by atoms with E-state index in [0.29, 0.717) is 5.69 Å². The minimum atomic E-state index is -1.09. The summed E-state index contributed by atoms with van der Waals surface area (Å²) in [5.41, 5.74) is 8.33. The van der Waals surface area contributed by atoms with Crippen molar-refractivity contribution in [3.8, 4) is 5.75 Å². The third-order valence-electron chi connectivity index (χ3n) is 4.61. The van der Waals surface area contributed by atoms with Crippen LogP contribution in [-0.4, -0.2) is 28.6 Å². The molecule has 0 atom stereocenters. The maximum atomic E-state index is 12.7. The van der Waals surface area contributed by atoms with Crippen LogP contribution in [0.3, 0.4) is 0 Å². The number of hydrogen-bond donors (Lipinski definition) is 3. The van der Waals surface area contributed by atoms with Crippen molar-refractivity contribution >= 4 is 34.0 Å². The number of carbonyl (C=O) groups excluding carboxylic acids is 1. The van der Waals surface area contributed by atoms with E-state index in [0.717, 1.165) is 41.4 Å². The third-order valence-corrected chi connectivity index (χ3v) is 5.67. The number of halogens is 1. The topological polar surface area (TPSA) is 115 Å². The first-order valence-electron chi connectivity index (χ1n) is 10.5. The highest BCUT2D eigenvalue weighted by atomic mass is 32.1. The van der Waals surface area contributed by atoms with Gasteiger partial charge in [0.25, 0.3) is 5.91 Å². The molecule has 0 unspecified atom stereocenters. The van der Waals surface area contributed by atoms with E-state index in [1.54, 1.807) is 6.92 Å². The highest BCUT2D eigenvalue weighted by molar-refractivity contribution is 7.17. The zero-order valence-corrected chi connectivity index (χ0v) is 19.7. The second-order valence-electron chi connectivity index (χ2n) is 7.24. The Hall–Kier alpha value is -3.46. The molecule has 33 heavy (non-hydrogen) atoms. The van der Waals surface area contributed by atoms with Crippen molar-refractivity contribution in [3.05, 3.63) is 70.0 Å². The van der Waals surface area contributed by atoms with Crippen LogP contribution in [0, 0.1) is 19.7 Å². The van der Waals surface area contributed by atoms with Gasteiger partial charge in [0, 0.05) is 5.56 Å². The minimum absolute atomic E-state index is 0.0782. The number of thiazole rings is 1. The summed E-state index contributed by atoms with van der Waals surface area (Å²) in [6.45, 7) is 6.49. The monoisotopic (exact) mass is 473 g/mol. The molecule has 0 saturated heterocycles. The van der Waals surface area contributed by atoms with Gasteiger partial charge >= 0.3 is 5.97 Å². The number of aromatic nitrogens is 1. The zero-order chi connectivity index (χ0) is 24.4. The molecule has 9 heteroatoms. The van der Waals surface area contributed by atoms with Crippen LogP contribution in [-0.2, 0) is 0 Å². The number of anilines is 2. The number of ether oxygens (including phenoxy) is 1. The Morgan fingerprint density at radius 2 is 1.85 bits per heavy atom. The van der Waals surface area contributed by atoms with Gasteiger partial charge in [-0.2, -0.15) is 0 Å². The molecule has 176 valence electrons. The maximum absolute atomic E-state index is 12.7. The third kappa shape index (κ3) is 7.87. The number of amides is 1. The molecular weight excluding hydrogens is 445 g/mol. The van der Waals surface area contributed by atoms with E-state index >= 15 is 0 Å². The Morgan fingerprint density at radius 3 is 2.45 bits per heavy atom. The Kier molecular flexibility index (Phi) is 9.81. The number of nitrogens with zero attached hydrogens (tertiary/aromatic N) is 1. The molecule has 1 amide bonds. The van der Waals surface area contributed by atoms with Gasteiger partial charge in [-0.3, -0.25) is 10.1 Å². The van der Waals surface area contributed by atoms with E-state index in [1.807, 2.05) is 25.1 Å². The molecule has 3 rings (SSSR count). The second kappa shape index (κ2) is 12.5. The van der Waals surface area contributed by atoms with Gasteiger partial charge in [0.2, 0.25) is 0 Å². The van der Waals surface area contributed by atoms with Crippen molar-refractivity contribution < 1.29 is 23.8 Å². The largest absolute Gasteiger partial charge is 0.491 e. The number of benzene rings is 2. The van der Waals surface area contributed by atoms with Crippen molar-refractivity contribution in [1.29, 1.82) is 0 Å². The number of unbranched alkanes of at least 4 members (excludes halogenated alkanes) is 2. The summed E-state index contributed by atoms with van der Waals surface area (Å²) < 4.78 is 18.3. The number of carboxylic acid groups (broad SMARTS) is 1. The lowest BCUT2D eigenvalue weighted by molar-refractivity contribution is 0.0701. The van der Waals surface area contributed by atoms with E-state index in [9.17, 15) is 14.0 Å². The van der Waals surface area contributed by atoms with E-state index in [2.05, 4.69) is 17.2 Å². The Balaban J connectivity index is 0.000000245. The molecule has 2 aromatic carbocycles. The highest BCUT2D eigenvalue weighted by Gasteiger charge is 2.16. The minimum Gasteiger partial charge on any atom is -0.491 e. The second-order valence-corrected chi connectivity index (χ2v) is 8.24. The molecule has 0 bridgehead atoms. The van der Waals surface area contributed by atoms with Crippen molar-refractivity contribution in [2.75, 3.05) is 17.7 Å². The van der Waals surface area contributed by atoms with Gasteiger partial charge in [0.15, 0.2) is 5.13 Å². The number of nitrogens with one attached hydrogen (secondary N) is 1. The summed E-state index contributed by atoms with van der Waals surface area (Å²) >= 11 is 0.877. The quantitative estimate of drug-likeness (QED) is 0.286. The van der Waals surface area contributed by atoms with Crippen molar-refractivity contribution in [2.45, 2.75) is 40.0 Å². The van der Waals surface area contributed by atoms with Crippen LogP contribution < -0.4 is 15.8 Å². The molecule has 0 aliphatic rings. The number of carboxylic acids is 1. The number of aromatic carboxylic acids is 1. The van der Waals surface area contributed by atoms with Gasteiger partial charge in [-0.1, -0.05) is 43.2 Å². The lowest BCUT2D eigenvalue weighted by Gasteiger charge is -2.09. The van der Waals surface area contributed by atoms with Gasteiger partial charge in [0.1, 0.15) is 16.4 Å². The number of aryl methyl sites for hydroxylation is 2. The normalized spacial score (nSPS) is 10.2. The van der Waals surface area contributed by atoms with Crippen LogP contribution in [0.25, 0.3) is 0 Å². The molecular formula is C24H28FN3O4S. The van der Waals surface area contributed by atoms with Crippen LogP contribution >= 0.6 is 11.3 Å². The number of carbonyl (C=O) groups is 2. The Bertz CT molecular complexity index is 1080. The number of rotatable bonds is 8. The fraction of sp³-hybridized carbons (Fsp3) is 0.292. The molecule has 0 radical (unpaired) electrons. The van der Waals surface area contributed by atoms with Crippen LogP contribution in [0.1, 0.15) is 57.5 Å². The summed E-state index contributed by atoms with van der Waals surface area (Å²) in [4.78, 5) is 26.7. The first-order chi connectivity index (χ1) is 15.7. The fourth-order valence-corrected chi connectivity index (χ4v) is 3.53. The van der Waals surface area contributed by atoms with Gasteiger partial charge in [-0.25, -0.2) is 14.2 Å². The first-order valence-corrected chi connectivity index (χ1v) is 11.3. The van der Waals surface area contributed by atoms with Gasteiger partial charge < -0.3 is 15.6 Å². The predicted molar refractivity (Wildman–Crippen MR) is 129 cm³/mol. The summed E-state index contributed by atoms with van der Waals surface area (Å²) in [6.07, 6.45) is 3.53. The van der Waals surface area contributed by atoms with Crippen LogP contribution in [0.2, 0.25) is 0 Å². The number of nitrogens with two attached hydrogens (primary N) is 1. The van der Waals surface area contributed by atoms with E-state index in [-0.39, 0.29) is 15.6 Å². The van der Waals surface area contributed by atoms with E-state index in [1.165, 1.54) is 37.1 Å². The lowest BCUT2D eigenvalue weighted by atomic mass is 10.2. The fourth-order valence-electron chi connectivity index (χ4n) is 2.73. The Morgan fingerprint density at radius 1 is 1.15 bits per heavy atom. The van der Waals surface area contributed by atoms with Gasteiger partial charge in [-0.15, -0.1) is 0 Å². The average Bonchev–Trinajstić information content (AvgIpc) is 3.15. The molecule has 1 heterocycles. The molecule has 0 aliphatic heterocycles. The first kappa shape index (κ1) is 25.8. The molecule has 4 N–H and O–H groups in total.